The number of aryl methyl sites for hydroxylation is 4. The molecular weight excluding hydrogens is 1520 g/mol. The molecule has 4 fully saturated rings. The van der Waals surface area contributed by atoms with Crippen LogP contribution in [0.4, 0.5) is 0 Å². The number of nitrogens with zero attached hydrogens (tertiary/aromatic N) is 4. The largest absolute Gasteiger partial charge is 0.198 e. The molecule has 0 N–H and O–H groups in total. The second-order valence-electron chi connectivity index (χ2n) is 39.7. The number of hydrogen-bond acceptors (Lipinski definition) is 4. The fourth-order valence-corrected chi connectivity index (χ4v) is 21.2. The zero-order chi connectivity index (χ0) is 89.2. The Morgan fingerprint density at radius 3 is 0.587 bits per heavy atom. The lowest BCUT2D eigenvalue weighted by atomic mass is 9.67. The monoisotopic (exact) mass is 1690 g/mol. The van der Waals surface area contributed by atoms with Crippen molar-refractivity contribution < 1.29 is 0 Å². The average Bonchev–Trinajstić information content (AvgIpc) is 0.823. The lowest BCUT2D eigenvalue weighted by molar-refractivity contribution is 0.222. The van der Waals surface area contributed by atoms with Gasteiger partial charge in [-0.05, 0) is 280 Å². The molecule has 12 rings (SSSR count). The van der Waals surface area contributed by atoms with Gasteiger partial charge in [-0.25, -0.2) is 0 Å². The molecule has 4 saturated carbocycles. The van der Waals surface area contributed by atoms with Gasteiger partial charge >= 0.3 is 0 Å². The topological polar surface area (TPSA) is 95.2 Å². The van der Waals surface area contributed by atoms with Crippen LogP contribution in [-0.4, -0.2) is 0 Å². The zero-order valence-electron chi connectivity index (χ0n) is 80.8. The number of hydrogen-bond donors (Lipinski definition) is 0. The third kappa shape index (κ3) is 33.3. The first-order valence-corrected chi connectivity index (χ1v) is 52.2. The summed E-state index contributed by atoms with van der Waals surface area (Å²) in [5.74, 6) is 2.47. The van der Waals surface area contributed by atoms with Gasteiger partial charge in [0.05, 0.1) is 45.9 Å². The first-order chi connectivity index (χ1) is 61.8. The van der Waals surface area contributed by atoms with Crippen molar-refractivity contribution in [3.05, 3.63) is 239 Å². The summed E-state index contributed by atoms with van der Waals surface area (Å²) < 4.78 is 0. The summed E-state index contributed by atoms with van der Waals surface area (Å²) in [5.41, 5.74) is 21.7. The predicted molar refractivity (Wildman–Crippen MR) is 542 cm³/mol. The molecule has 0 heterocycles. The molecule has 4 aliphatic carbocycles. The van der Waals surface area contributed by atoms with E-state index in [2.05, 4.69) is 274 Å². The molecule has 4 aliphatic rings. The normalized spacial score (nSPS) is 20.9. The van der Waals surface area contributed by atoms with Crippen LogP contribution in [0.2, 0.25) is 0 Å². The maximum atomic E-state index is 9.93. The number of benzene rings is 8. The van der Waals surface area contributed by atoms with Gasteiger partial charge in [0.25, 0.3) is 0 Å². The van der Waals surface area contributed by atoms with Gasteiger partial charge in [0, 0.05) is 0 Å². The van der Waals surface area contributed by atoms with Gasteiger partial charge in [-0.15, -0.1) is 0 Å². The molecule has 4 nitrogen and oxygen atoms in total. The van der Waals surface area contributed by atoms with Gasteiger partial charge in [-0.1, -0.05) is 429 Å². The molecule has 0 aromatic heterocycles. The highest BCUT2D eigenvalue weighted by Crippen LogP contribution is 2.51. The first-order valence-electron chi connectivity index (χ1n) is 52.2. The minimum atomic E-state index is -0.0555. The lowest BCUT2D eigenvalue weighted by Crippen LogP contribution is -2.25. The molecule has 0 radical (unpaired) electrons. The van der Waals surface area contributed by atoms with E-state index in [4.69, 9.17) is 0 Å². The molecule has 8 aromatic rings. The Morgan fingerprint density at radius 1 is 0.198 bits per heavy atom. The van der Waals surface area contributed by atoms with Gasteiger partial charge < -0.3 is 0 Å². The Labute approximate surface area is 770 Å². The molecule has 0 unspecified atom stereocenters. The van der Waals surface area contributed by atoms with Crippen molar-refractivity contribution in [1.82, 2.24) is 0 Å². The maximum Gasteiger partial charge on any atom is 0.0689 e. The molecule has 0 bridgehead atoms. The molecule has 0 atom stereocenters. The standard InChI is InChI=1S/C32H45N.C31H43N.C30H41N.C29H39N/c1-3-5-7-8-9-11-23-32(26-33)24-21-31(22-25-32)30-19-17-29(18-20-30)28-15-13-27(14-16-28)12-10-6-4-2;1-3-5-7-8-9-10-22-31(25-32)23-20-30(21-24-31)29-18-16-28(17-19-29)27-14-12-26(13-15-27)11-6-4-2;1-3-5-6-7-8-9-21-30(24-31)22-19-29(20-23-30)28-17-15-27(16-18-28)26-13-11-25(10-4-2)12-14-26;1-3-5-6-7-8-9-20-29(23-30)21-18-28(19-22-29)27-16-14-26(15-17-27)25-12-10-24(4-2)11-13-25/h13-20,31H,3-12,21-25H2,1-2H3;12-19,30H,3-11,20-24H2,1-2H3;11-18,29H,3-10,19-23H2,1-2H3;10-17,28H,3-9,18-22H2,1-2H3. The van der Waals surface area contributed by atoms with Crippen molar-refractivity contribution in [2.75, 3.05) is 0 Å². The lowest BCUT2D eigenvalue weighted by Gasteiger charge is -2.35. The second kappa shape index (κ2) is 56.9. The van der Waals surface area contributed by atoms with Crippen molar-refractivity contribution in [3.8, 4) is 68.8 Å². The summed E-state index contributed by atoms with van der Waals surface area (Å²) in [6, 6.07) is 84.1. The third-order valence-corrected chi connectivity index (χ3v) is 30.3. The van der Waals surface area contributed by atoms with Crippen LogP contribution in [0, 0.1) is 67.0 Å². The first kappa shape index (κ1) is 101. The summed E-state index contributed by atoms with van der Waals surface area (Å²) in [6.45, 7) is 18.0. The van der Waals surface area contributed by atoms with Gasteiger partial charge in [-0.3, -0.25) is 0 Å². The molecule has 0 aliphatic heterocycles. The smallest absolute Gasteiger partial charge is 0.0689 e. The summed E-state index contributed by atoms with van der Waals surface area (Å²) in [7, 11) is 0. The molecule has 4 heteroatoms. The van der Waals surface area contributed by atoms with E-state index < -0.39 is 0 Å². The van der Waals surface area contributed by atoms with Gasteiger partial charge in [-0.2, -0.15) is 21.0 Å². The highest BCUT2D eigenvalue weighted by atomic mass is 14.5. The minimum Gasteiger partial charge on any atom is -0.198 e. The molecule has 676 valence electrons. The number of unbranched alkanes of at least 4 members (excludes halogenated alkanes) is 23. The Hall–Kier alpha value is -8.28. The third-order valence-electron chi connectivity index (χ3n) is 30.3. The molecule has 8 aromatic carbocycles. The van der Waals surface area contributed by atoms with E-state index >= 15 is 0 Å². The Morgan fingerprint density at radius 2 is 0.381 bits per heavy atom. The van der Waals surface area contributed by atoms with Crippen LogP contribution in [0.25, 0.3) is 44.5 Å². The Kier molecular flexibility index (Phi) is 45.8. The quantitative estimate of drug-likeness (QED) is 0.0355. The van der Waals surface area contributed by atoms with E-state index in [0.29, 0.717) is 23.7 Å². The highest BCUT2D eigenvalue weighted by Gasteiger charge is 2.39. The van der Waals surface area contributed by atoms with Gasteiger partial charge in [0.2, 0.25) is 0 Å². The summed E-state index contributed by atoms with van der Waals surface area (Å²) in [5, 5.41) is 39.6. The van der Waals surface area contributed by atoms with Crippen LogP contribution >= 0.6 is 0 Å². The molecule has 0 amide bonds. The van der Waals surface area contributed by atoms with Crippen molar-refractivity contribution in [1.29, 1.82) is 21.0 Å². The second-order valence-corrected chi connectivity index (χ2v) is 39.7. The van der Waals surface area contributed by atoms with Crippen molar-refractivity contribution in [2.45, 2.75) is 426 Å². The van der Waals surface area contributed by atoms with Gasteiger partial charge in [0.15, 0.2) is 0 Å². The van der Waals surface area contributed by atoms with E-state index in [1.54, 1.807) is 0 Å². The molecule has 0 saturated heterocycles. The summed E-state index contributed by atoms with van der Waals surface area (Å²) in [4.78, 5) is 0. The van der Waals surface area contributed by atoms with Crippen LogP contribution in [0.5, 0.6) is 0 Å². The van der Waals surface area contributed by atoms with Crippen molar-refractivity contribution in [3.63, 3.8) is 0 Å². The maximum absolute atomic E-state index is 9.93. The highest BCUT2D eigenvalue weighted by molar-refractivity contribution is 5.67. The summed E-state index contributed by atoms with van der Waals surface area (Å²) in [6.07, 6.45) is 66.1. The molecule has 126 heavy (non-hydrogen) atoms. The Bertz CT molecular complexity index is 4390. The SMILES string of the molecule is CCCCCCCCC1(C#N)CCC(c2ccc(-c3ccc(CC)cc3)cc2)CC1.CCCCCCCCC1(C#N)CCC(c2ccc(-c3ccc(CCC)cc3)cc2)CC1.CCCCCCCCC1(C#N)CCC(c2ccc(-c3ccc(CCCC)cc3)cc2)CC1.CCCCCCCCC1(C#N)CCC(c2ccc(-c3ccc(CCCCC)cc3)cc2)CC1. The fourth-order valence-electron chi connectivity index (χ4n) is 21.2. The van der Waals surface area contributed by atoms with Crippen LogP contribution in [0.1, 0.15) is 445 Å². The van der Waals surface area contributed by atoms with E-state index in [-0.39, 0.29) is 21.7 Å². The van der Waals surface area contributed by atoms with Crippen molar-refractivity contribution in [2.24, 2.45) is 21.7 Å². The molecule has 0 spiro atoms. The van der Waals surface area contributed by atoms with Crippen LogP contribution < -0.4 is 0 Å². The van der Waals surface area contributed by atoms with Crippen molar-refractivity contribution >= 4 is 0 Å². The predicted octanol–water partition coefficient (Wildman–Crippen LogP) is 37.7. The van der Waals surface area contributed by atoms with Crippen LogP contribution in [0.3, 0.4) is 0 Å². The van der Waals surface area contributed by atoms with E-state index in [1.807, 2.05) is 0 Å². The average molecular weight is 1690 g/mol. The summed E-state index contributed by atoms with van der Waals surface area (Å²) >= 11 is 0. The zero-order valence-corrected chi connectivity index (χ0v) is 80.8. The molecular formula is C122H168N4. The van der Waals surface area contributed by atoms with E-state index in [9.17, 15) is 21.0 Å². The van der Waals surface area contributed by atoms with Gasteiger partial charge in [0.1, 0.15) is 0 Å². The van der Waals surface area contributed by atoms with E-state index in [0.717, 1.165) is 141 Å². The van der Waals surface area contributed by atoms with Crippen LogP contribution in [-0.2, 0) is 25.7 Å². The number of nitriles is 4. The van der Waals surface area contributed by atoms with Crippen LogP contribution in [0.15, 0.2) is 194 Å². The minimum absolute atomic E-state index is 0.0534. The Balaban J connectivity index is 0.000000190. The fraction of sp³-hybridized carbons (Fsp3) is 0.574. The number of rotatable bonds is 46. The van der Waals surface area contributed by atoms with E-state index in [1.165, 1.54) is 294 Å².